The Labute approximate surface area is 134 Å². The van der Waals surface area contributed by atoms with E-state index >= 15 is 0 Å². The first kappa shape index (κ1) is 15.5. The number of carbonyl (C=O) groups excluding carboxylic acids is 1. The molecule has 0 radical (unpaired) electrons. The van der Waals surface area contributed by atoms with E-state index in [1.807, 2.05) is 0 Å². The Balaban J connectivity index is 2.13. The smallest absolute Gasteiger partial charge is 0.287 e. The molecule has 0 unspecified atom stereocenters. The van der Waals surface area contributed by atoms with Gasteiger partial charge in [0.15, 0.2) is 0 Å². The van der Waals surface area contributed by atoms with Crippen LogP contribution in [-0.4, -0.2) is 25.7 Å². The first-order chi connectivity index (χ1) is 10.8. The van der Waals surface area contributed by atoms with E-state index in [2.05, 4.69) is 20.4 Å². The van der Waals surface area contributed by atoms with Crippen LogP contribution in [0.3, 0.4) is 0 Å². The van der Waals surface area contributed by atoms with Gasteiger partial charge >= 0.3 is 0 Å². The van der Waals surface area contributed by atoms with Crippen molar-refractivity contribution in [2.45, 2.75) is 19.8 Å². The molecule has 0 spiro atoms. The zero-order valence-corrected chi connectivity index (χ0v) is 13.4. The number of fused-ring (bicyclic) bond motifs is 1. The van der Waals surface area contributed by atoms with Crippen molar-refractivity contribution in [3.8, 4) is 10.7 Å². The number of amides is 1. The number of nitrogens with zero attached hydrogens (tertiary/aromatic N) is 4. The molecule has 1 N–H and O–H groups in total. The number of nitrogens with one attached hydrogen (secondary N) is 1. The Bertz CT molecular complexity index is 896. The molecule has 3 aromatic rings. The standard InChI is InChI=1S/C14H13F2N5OS/c1-7(22)18-11-4-8-9(5-17-11)21(3)20-12(8)13-19-10(6-23-13)14(2,15)16/h4-6H,1-3H3,(H,17,18,22). The molecule has 0 atom stereocenters. The van der Waals surface area contributed by atoms with Crippen LogP contribution in [0.4, 0.5) is 14.6 Å². The van der Waals surface area contributed by atoms with Crippen LogP contribution < -0.4 is 5.32 Å². The van der Waals surface area contributed by atoms with Gasteiger partial charge in [-0.15, -0.1) is 11.3 Å². The molecule has 3 heterocycles. The summed E-state index contributed by atoms with van der Waals surface area (Å²) in [6, 6.07) is 1.66. The maximum atomic E-state index is 13.4. The largest absolute Gasteiger partial charge is 0.311 e. The van der Waals surface area contributed by atoms with Crippen molar-refractivity contribution in [2.75, 3.05) is 5.32 Å². The number of thiazole rings is 1. The van der Waals surface area contributed by atoms with Gasteiger partial charge in [0.2, 0.25) is 5.91 Å². The molecular weight excluding hydrogens is 324 g/mol. The fourth-order valence-electron chi connectivity index (χ4n) is 2.14. The number of aromatic nitrogens is 4. The van der Waals surface area contributed by atoms with Crippen LogP contribution in [0.5, 0.6) is 0 Å². The van der Waals surface area contributed by atoms with Crippen LogP contribution in [0.1, 0.15) is 19.5 Å². The van der Waals surface area contributed by atoms with E-state index in [9.17, 15) is 13.6 Å². The zero-order valence-electron chi connectivity index (χ0n) is 12.6. The van der Waals surface area contributed by atoms with Crippen molar-refractivity contribution in [3.63, 3.8) is 0 Å². The maximum absolute atomic E-state index is 13.4. The molecule has 0 saturated heterocycles. The maximum Gasteiger partial charge on any atom is 0.287 e. The van der Waals surface area contributed by atoms with Crippen molar-refractivity contribution < 1.29 is 13.6 Å². The summed E-state index contributed by atoms with van der Waals surface area (Å²) >= 11 is 1.10. The van der Waals surface area contributed by atoms with E-state index in [0.717, 1.165) is 18.3 Å². The lowest BCUT2D eigenvalue weighted by Gasteiger charge is -2.04. The second kappa shape index (κ2) is 5.34. The van der Waals surface area contributed by atoms with E-state index in [0.29, 0.717) is 27.4 Å². The van der Waals surface area contributed by atoms with Crippen molar-refractivity contribution in [2.24, 2.45) is 7.05 Å². The summed E-state index contributed by atoms with van der Waals surface area (Å²) in [5.74, 6) is -2.87. The molecule has 23 heavy (non-hydrogen) atoms. The monoisotopic (exact) mass is 337 g/mol. The number of hydrogen-bond donors (Lipinski definition) is 1. The van der Waals surface area contributed by atoms with Gasteiger partial charge in [-0.05, 0) is 6.07 Å². The third-order valence-corrected chi connectivity index (χ3v) is 4.05. The van der Waals surface area contributed by atoms with Gasteiger partial charge in [-0.1, -0.05) is 0 Å². The fourth-order valence-corrected chi connectivity index (χ4v) is 3.04. The average molecular weight is 337 g/mol. The van der Waals surface area contributed by atoms with Gasteiger partial charge in [0, 0.05) is 31.7 Å². The normalized spacial score (nSPS) is 11.9. The van der Waals surface area contributed by atoms with Crippen LogP contribution >= 0.6 is 11.3 Å². The second-order valence-corrected chi connectivity index (χ2v) is 6.02. The van der Waals surface area contributed by atoms with Crippen LogP contribution in [0.2, 0.25) is 0 Å². The lowest BCUT2D eigenvalue weighted by Crippen LogP contribution is -2.07. The SMILES string of the molecule is CC(=O)Nc1cc2c(-c3nc(C(C)(F)F)cs3)nn(C)c2cn1. The van der Waals surface area contributed by atoms with E-state index in [1.54, 1.807) is 24.0 Å². The van der Waals surface area contributed by atoms with Crippen molar-refractivity contribution in [1.29, 1.82) is 0 Å². The molecule has 1 amide bonds. The van der Waals surface area contributed by atoms with Crippen LogP contribution in [0.15, 0.2) is 17.6 Å². The molecule has 0 bridgehead atoms. The highest BCUT2D eigenvalue weighted by Gasteiger charge is 2.28. The third kappa shape index (κ3) is 2.91. The Morgan fingerprint density at radius 3 is 2.78 bits per heavy atom. The number of rotatable bonds is 3. The third-order valence-electron chi connectivity index (χ3n) is 3.20. The Morgan fingerprint density at radius 1 is 1.43 bits per heavy atom. The van der Waals surface area contributed by atoms with Crippen molar-refractivity contribution >= 4 is 34.0 Å². The van der Waals surface area contributed by atoms with Gasteiger partial charge in [-0.3, -0.25) is 9.48 Å². The minimum absolute atomic E-state index is 0.246. The fraction of sp³-hybridized carbons (Fsp3) is 0.286. The highest BCUT2D eigenvalue weighted by molar-refractivity contribution is 7.13. The van der Waals surface area contributed by atoms with Crippen LogP contribution in [0.25, 0.3) is 21.6 Å². The van der Waals surface area contributed by atoms with Gasteiger partial charge in [0.05, 0.1) is 11.7 Å². The summed E-state index contributed by atoms with van der Waals surface area (Å²) in [5, 5.41) is 9.34. The Hall–Kier alpha value is -2.42. The van der Waals surface area contributed by atoms with Crippen molar-refractivity contribution in [3.05, 3.63) is 23.3 Å². The number of anilines is 1. The predicted octanol–water partition coefficient (Wildman–Crippen LogP) is 3.16. The molecule has 0 fully saturated rings. The minimum Gasteiger partial charge on any atom is -0.311 e. The molecule has 3 rings (SSSR count). The molecular formula is C14H13F2N5OS. The highest BCUT2D eigenvalue weighted by atomic mass is 32.1. The number of aryl methyl sites for hydroxylation is 1. The van der Waals surface area contributed by atoms with Gasteiger partial charge in [-0.2, -0.15) is 13.9 Å². The molecule has 0 saturated carbocycles. The number of halogens is 2. The van der Waals surface area contributed by atoms with Crippen LogP contribution in [0, 0.1) is 0 Å². The summed E-state index contributed by atoms with van der Waals surface area (Å²) in [5.41, 5.74) is 0.915. The Kier molecular flexibility index (Phi) is 3.59. The molecule has 9 heteroatoms. The molecule has 3 aromatic heterocycles. The number of hydrogen-bond acceptors (Lipinski definition) is 5. The number of pyridine rings is 1. The summed E-state index contributed by atoms with van der Waals surface area (Å²) in [7, 11) is 1.73. The van der Waals surface area contributed by atoms with Gasteiger partial charge in [-0.25, -0.2) is 9.97 Å². The topological polar surface area (TPSA) is 72.7 Å². The molecule has 6 nitrogen and oxygen atoms in total. The van der Waals surface area contributed by atoms with Gasteiger partial charge in [0.25, 0.3) is 5.92 Å². The molecule has 0 aromatic carbocycles. The lowest BCUT2D eigenvalue weighted by molar-refractivity contribution is -0.114. The molecule has 0 aliphatic rings. The summed E-state index contributed by atoms with van der Waals surface area (Å²) < 4.78 is 28.3. The average Bonchev–Trinajstić information content (AvgIpc) is 3.03. The van der Waals surface area contributed by atoms with E-state index < -0.39 is 5.92 Å². The summed E-state index contributed by atoms with van der Waals surface area (Å²) in [4.78, 5) is 19.3. The predicted molar refractivity (Wildman–Crippen MR) is 83.5 cm³/mol. The zero-order chi connectivity index (χ0) is 16.8. The van der Waals surface area contributed by atoms with E-state index in [4.69, 9.17) is 0 Å². The molecule has 0 aliphatic carbocycles. The van der Waals surface area contributed by atoms with Gasteiger partial charge < -0.3 is 5.32 Å². The first-order valence-corrected chi connectivity index (χ1v) is 7.58. The second-order valence-electron chi connectivity index (χ2n) is 5.17. The van der Waals surface area contributed by atoms with Gasteiger partial charge in [0.1, 0.15) is 22.2 Å². The van der Waals surface area contributed by atoms with E-state index in [1.165, 1.54) is 12.3 Å². The first-order valence-electron chi connectivity index (χ1n) is 6.70. The lowest BCUT2D eigenvalue weighted by atomic mass is 10.2. The molecule has 0 aliphatic heterocycles. The number of carbonyl (C=O) groups is 1. The Morgan fingerprint density at radius 2 is 2.17 bits per heavy atom. The van der Waals surface area contributed by atoms with Crippen molar-refractivity contribution in [1.82, 2.24) is 19.7 Å². The summed E-state index contributed by atoms with van der Waals surface area (Å²) in [6.45, 7) is 2.19. The molecule has 120 valence electrons. The summed E-state index contributed by atoms with van der Waals surface area (Å²) in [6.07, 6.45) is 1.57. The highest BCUT2D eigenvalue weighted by Crippen LogP contribution is 2.34. The quantitative estimate of drug-likeness (QED) is 0.797. The number of alkyl halides is 2. The minimum atomic E-state index is -3.00. The van der Waals surface area contributed by atoms with Crippen LogP contribution in [-0.2, 0) is 17.8 Å². The van der Waals surface area contributed by atoms with E-state index in [-0.39, 0.29) is 11.6 Å².